The summed E-state index contributed by atoms with van der Waals surface area (Å²) in [5, 5.41) is 9.74. The van der Waals surface area contributed by atoms with E-state index in [2.05, 4.69) is 13.8 Å². The molecule has 0 aromatic rings. The van der Waals surface area contributed by atoms with Gasteiger partial charge in [0.15, 0.2) is 0 Å². The summed E-state index contributed by atoms with van der Waals surface area (Å²) in [6.45, 7) is 8.33. The van der Waals surface area contributed by atoms with Crippen molar-refractivity contribution in [2.75, 3.05) is 7.11 Å². The number of ether oxygens (including phenoxy) is 1. The van der Waals surface area contributed by atoms with Gasteiger partial charge in [0.1, 0.15) is 0 Å². The van der Waals surface area contributed by atoms with Gasteiger partial charge in [0.25, 0.3) is 0 Å². The van der Waals surface area contributed by atoms with Crippen molar-refractivity contribution in [3.05, 3.63) is 0 Å². The van der Waals surface area contributed by atoms with Gasteiger partial charge in [0.05, 0.1) is 11.7 Å². The van der Waals surface area contributed by atoms with E-state index in [0.29, 0.717) is 12.3 Å². The van der Waals surface area contributed by atoms with Crippen molar-refractivity contribution in [2.24, 2.45) is 5.92 Å². The third-order valence-electron chi connectivity index (χ3n) is 2.65. The molecule has 0 aliphatic heterocycles. The number of rotatable bonds is 6. The molecule has 1 N–H and O–H groups in total. The van der Waals surface area contributed by atoms with Gasteiger partial charge in [0, 0.05) is 13.5 Å². The lowest BCUT2D eigenvalue weighted by Crippen LogP contribution is -2.29. The quantitative estimate of drug-likeness (QED) is 0.694. The van der Waals surface area contributed by atoms with Gasteiger partial charge in [-0.1, -0.05) is 20.3 Å². The lowest BCUT2D eigenvalue weighted by molar-refractivity contribution is -0.0241. The van der Waals surface area contributed by atoms with Crippen LogP contribution in [0.4, 0.5) is 0 Å². The molecule has 0 spiro atoms. The van der Waals surface area contributed by atoms with Crippen LogP contribution in [0.5, 0.6) is 0 Å². The Morgan fingerprint density at radius 2 is 1.92 bits per heavy atom. The highest BCUT2D eigenvalue weighted by molar-refractivity contribution is 4.74. The molecule has 0 heterocycles. The van der Waals surface area contributed by atoms with Crippen LogP contribution >= 0.6 is 0 Å². The van der Waals surface area contributed by atoms with E-state index in [-0.39, 0.29) is 11.7 Å². The molecular formula is C11H24O2. The first kappa shape index (κ1) is 12.9. The maximum absolute atomic E-state index is 9.74. The first-order chi connectivity index (χ1) is 5.91. The molecular weight excluding hydrogens is 164 g/mol. The van der Waals surface area contributed by atoms with E-state index >= 15 is 0 Å². The lowest BCUT2D eigenvalue weighted by Gasteiger charge is -2.26. The number of hydrogen-bond donors (Lipinski definition) is 1. The maximum atomic E-state index is 9.74. The third kappa shape index (κ3) is 6.05. The Labute approximate surface area is 82.3 Å². The van der Waals surface area contributed by atoms with Gasteiger partial charge in [0.2, 0.25) is 0 Å². The summed E-state index contributed by atoms with van der Waals surface area (Å²) in [5.74, 6) is 0.600. The number of aliphatic hydroxyl groups is 1. The van der Waals surface area contributed by atoms with E-state index in [4.69, 9.17) is 4.74 Å². The summed E-state index contributed by atoms with van der Waals surface area (Å²) in [5.41, 5.74) is -0.202. The molecule has 0 saturated heterocycles. The number of aliphatic hydroxyl groups excluding tert-OH is 1. The summed E-state index contributed by atoms with van der Waals surface area (Å²) >= 11 is 0. The molecule has 0 aliphatic rings. The van der Waals surface area contributed by atoms with Gasteiger partial charge in [-0.05, 0) is 26.2 Å². The highest BCUT2D eigenvalue weighted by Crippen LogP contribution is 2.20. The van der Waals surface area contributed by atoms with Crippen LogP contribution in [-0.2, 0) is 4.74 Å². The van der Waals surface area contributed by atoms with Crippen molar-refractivity contribution < 1.29 is 9.84 Å². The van der Waals surface area contributed by atoms with E-state index in [1.807, 2.05) is 13.8 Å². The van der Waals surface area contributed by atoms with Gasteiger partial charge in [-0.25, -0.2) is 0 Å². The van der Waals surface area contributed by atoms with E-state index < -0.39 is 0 Å². The topological polar surface area (TPSA) is 29.5 Å². The Balaban J connectivity index is 3.79. The minimum Gasteiger partial charge on any atom is -0.393 e. The van der Waals surface area contributed by atoms with Crippen LogP contribution in [0.3, 0.4) is 0 Å². The second-order valence-corrected chi connectivity index (χ2v) is 4.57. The van der Waals surface area contributed by atoms with Crippen LogP contribution in [0.1, 0.15) is 47.0 Å². The first-order valence-electron chi connectivity index (χ1n) is 5.14. The highest BCUT2D eigenvalue weighted by Gasteiger charge is 2.22. The molecule has 2 unspecified atom stereocenters. The Morgan fingerprint density at radius 3 is 2.31 bits per heavy atom. The molecule has 2 heteroatoms. The van der Waals surface area contributed by atoms with Crippen LogP contribution in [0, 0.1) is 5.92 Å². The summed E-state index contributed by atoms with van der Waals surface area (Å²) in [6.07, 6.45) is 2.49. The Bertz CT molecular complexity index is 132. The zero-order valence-electron chi connectivity index (χ0n) is 9.63. The smallest absolute Gasteiger partial charge is 0.0647 e. The van der Waals surface area contributed by atoms with E-state index in [1.54, 1.807) is 7.11 Å². The predicted octanol–water partition coefficient (Wildman–Crippen LogP) is 2.60. The van der Waals surface area contributed by atoms with Gasteiger partial charge >= 0.3 is 0 Å². The minimum atomic E-state index is -0.232. The van der Waals surface area contributed by atoms with Crippen molar-refractivity contribution in [3.63, 3.8) is 0 Å². The SMILES string of the molecule is CCC(C)CC(O)CC(C)(C)OC. The molecule has 2 nitrogen and oxygen atoms in total. The van der Waals surface area contributed by atoms with Crippen molar-refractivity contribution >= 4 is 0 Å². The fraction of sp³-hybridized carbons (Fsp3) is 1.00. The summed E-state index contributed by atoms with van der Waals surface area (Å²) < 4.78 is 5.26. The monoisotopic (exact) mass is 188 g/mol. The van der Waals surface area contributed by atoms with Crippen LogP contribution < -0.4 is 0 Å². The molecule has 0 rings (SSSR count). The zero-order chi connectivity index (χ0) is 10.5. The van der Waals surface area contributed by atoms with E-state index in [9.17, 15) is 5.11 Å². The molecule has 80 valence electrons. The van der Waals surface area contributed by atoms with Gasteiger partial charge in [-0.3, -0.25) is 0 Å². The average Bonchev–Trinajstić information content (AvgIpc) is 2.03. The number of methoxy groups -OCH3 is 1. The Hall–Kier alpha value is -0.0800. The molecule has 0 aliphatic carbocycles. The van der Waals surface area contributed by atoms with Crippen LogP contribution in [0.2, 0.25) is 0 Å². The standard InChI is InChI=1S/C11H24O2/c1-6-9(2)7-10(12)8-11(3,4)13-5/h9-10,12H,6-8H2,1-5H3. The average molecular weight is 188 g/mol. The second-order valence-electron chi connectivity index (χ2n) is 4.57. The molecule has 0 bridgehead atoms. The van der Waals surface area contributed by atoms with Gasteiger partial charge < -0.3 is 9.84 Å². The molecule has 0 saturated carbocycles. The van der Waals surface area contributed by atoms with Crippen molar-refractivity contribution in [1.82, 2.24) is 0 Å². The normalized spacial score (nSPS) is 17.1. The Morgan fingerprint density at radius 1 is 1.38 bits per heavy atom. The van der Waals surface area contributed by atoms with E-state index in [0.717, 1.165) is 12.8 Å². The van der Waals surface area contributed by atoms with Gasteiger partial charge in [-0.2, -0.15) is 0 Å². The van der Waals surface area contributed by atoms with Crippen LogP contribution in [0.15, 0.2) is 0 Å². The molecule has 13 heavy (non-hydrogen) atoms. The molecule has 0 fully saturated rings. The molecule has 0 aromatic carbocycles. The molecule has 0 aromatic heterocycles. The van der Waals surface area contributed by atoms with Crippen LogP contribution in [0.25, 0.3) is 0 Å². The number of hydrogen-bond acceptors (Lipinski definition) is 2. The summed E-state index contributed by atoms with van der Waals surface area (Å²) in [7, 11) is 1.69. The van der Waals surface area contributed by atoms with Gasteiger partial charge in [-0.15, -0.1) is 0 Å². The summed E-state index contributed by atoms with van der Waals surface area (Å²) in [4.78, 5) is 0. The van der Waals surface area contributed by atoms with Crippen molar-refractivity contribution in [2.45, 2.75) is 58.7 Å². The maximum Gasteiger partial charge on any atom is 0.0647 e. The fourth-order valence-corrected chi connectivity index (χ4v) is 1.37. The molecule has 0 radical (unpaired) electrons. The highest BCUT2D eigenvalue weighted by atomic mass is 16.5. The van der Waals surface area contributed by atoms with Crippen molar-refractivity contribution in [3.8, 4) is 0 Å². The van der Waals surface area contributed by atoms with Crippen LogP contribution in [-0.4, -0.2) is 23.9 Å². The minimum absolute atomic E-state index is 0.202. The van der Waals surface area contributed by atoms with Crippen molar-refractivity contribution in [1.29, 1.82) is 0 Å². The largest absolute Gasteiger partial charge is 0.393 e. The lowest BCUT2D eigenvalue weighted by atomic mass is 9.93. The fourth-order valence-electron chi connectivity index (χ4n) is 1.37. The second kappa shape index (κ2) is 5.61. The summed E-state index contributed by atoms with van der Waals surface area (Å²) in [6, 6.07) is 0. The predicted molar refractivity (Wildman–Crippen MR) is 55.8 cm³/mol. The molecule has 0 amide bonds. The zero-order valence-corrected chi connectivity index (χ0v) is 9.63. The third-order valence-corrected chi connectivity index (χ3v) is 2.65. The first-order valence-corrected chi connectivity index (χ1v) is 5.14. The Kier molecular flexibility index (Phi) is 5.57. The van der Waals surface area contributed by atoms with E-state index in [1.165, 1.54) is 0 Å². The molecule has 2 atom stereocenters.